The second-order valence-corrected chi connectivity index (χ2v) is 2.89. The summed E-state index contributed by atoms with van der Waals surface area (Å²) in [5.74, 6) is 0.293. The van der Waals surface area contributed by atoms with Gasteiger partial charge in [0.2, 0.25) is 5.95 Å². The number of rotatable bonds is 1. The van der Waals surface area contributed by atoms with Crippen LogP contribution < -0.4 is 5.73 Å². The number of nitrogen functional groups attached to an aromatic ring is 1. The Labute approximate surface area is 76.0 Å². The summed E-state index contributed by atoms with van der Waals surface area (Å²) in [5, 5.41) is 4.01. The van der Waals surface area contributed by atoms with Gasteiger partial charge < -0.3 is 5.73 Å². The number of hydrogen-bond acceptors (Lipinski definition) is 3. The third kappa shape index (κ3) is 1.51. The summed E-state index contributed by atoms with van der Waals surface area (Å²) in [4.78, 5) is 3.85. The Balaban J connectivity index is 2.46. The third-order valence-corrected chi connectivity index (χ3v) is 1.78. The van der Waals surface area contributed by atoms with Crippen LogP contribution in [0.4, 0.5) is 5.95 Å². The van der Waals surface area contributed by atoms with Gasteiger partial charge in [-0.25, -0.2) is 9.67 Å². The largest absolute Gasteiger partial charge is 0.366 e. The smallest absolute Gasteiger partial charge is 0.239 e. The van der Waals surface area contributed by atoms with Crippen molar-refractivity contribution < 1.29 is 0 Å². The van der Waals surface area contributed by atoms with E-state index in [0.29, 0.717) is 5.95 Å². The summed E-state index contributed by atoms with van der Waals surface area (Å²) < 4.78 is 1.66. The van der Waals surface area contributed by atoms with Gasteiger partial charge >= 0.3 is 0 Å². The number of nitrogens with zero attached hydrogens (tertiary/aromatic N) is 3. The number of anilines is 1. The van der Waals surface area contributed by atoms with Crippen molar-refractivity contribution in [2.75, 3.05) is 5.73 Å². The minimum atomic E-state index is 0.293. The lowest BCUT2D eigenvalue weighted by molar-refractivity contribution is 0.882. The highest BCUT2D eigenvalue weighted by Gasteiger charge is 1.98. The van der Waals surface area contributed by atoms with E-state index in [-0.39, 0.29) is 0 Å². The Hall–Kier alpha value is -1.84. The molecule has 0 aliphatic carbocycles. The molecule has 0 radical (unpaired) electrons. The number of aryl methyl sites for hydroxylation is 1. The minimum Gasteiger partial charge on any atom is -0.366 e. The van der Waals surface area contributed by atoms with Crippen LogP contribution >= 0.6 is 0 Å². The molecule has 1 aromatic carbocycles. The summed E-state index contributed by atoms with van der Waals surface area (Å²) >= 11 is 0. The van der Waals surface area contributed by atoms with Crippen molar-refractivity contribution in [3.05, 3.63) is 36.2 Å². The van der Waals surface area contributed by atoms with Gasteiger partial charge in [0, 0.05) is 0 Å². The molecule has 66 valence electrons. The molecule has 0 saturated carbocycles. The molecule has 1 heterocycles. The molecule has 0 aliphatic heterocycles. The summed E-state index contributed by atoms with van der Waals surface area (Å²) in [6, 6.07) is 7.99. The van der Waals surface area contributed by atoms with E-state index in [1.54, 1.807) is 11.0 Å². The molecule has 1 aromatic heterocycles. The highest BCUT2D eigenvalue weighted by Crippen LogP contribution is 2.08. The zero-order chi connectivity index (χ0) is 9.26. The van der Waals surface area contributed by atoms with Crippen LogP contribution in [0.25, 0.3) is 5.69 Å². The maximum atomic E-state index is 5.41. The van der Waals surface area contributed by atoms with Gasteiger partial charge in [-0.1, -0.05) is 12.1 Å². The van der Waals surface area contributed by atoms with E-state index in [0.717, 1.165) is 5.69 Å². The van der Waals surface area contributed by atoms with Gasteiger partial charge in [0.05, 0.1) is 5.69 Å². The van der Waals surface area contributed by atoms with Crippen molar-refractivity contribution in [3.8, 4) is 5.69 Å². The van der Waals surface area contributed by atoms with Crippen LogP contribution in [0, 0.1) is 6.92 Å². The van der Waals surface area contributed by atoms with Crippen LogP contribution in [0.5, 0.6) is 0 Å². The molecular formula is C9H10N4. The zero-order valence-corrected chi connectivity index (χ0v) is 7.31. The topological polar surface area (TPSA) is 56.7 Å². The van der Waals surface area contributed by atoms with Crippen molar-refractivity contribution in [3.63, 3.8) is 0 Å². The SMILES string of the molecule is Cc1cccc(-n2cnc(N)n2)c1. The van der Waals surface area contributed by atoms with Crippen molar-refractivity contribution in [1.82, 2.24) is 14.8 Å². The highest BCUT2D eigenvalue weighted by atomic mass is 15.4. The molecule has 0 aliphatic rings. The van der Waals surface area contributed by atoms with E-state index < -0.39 is 0 Å². The molecule has 2 aromatic rings. The second-order valence-electron chi connectivity index (χ2n) is 2.89. The van der Waals surface area contributed by atoms with Crippen LogP contribution in [0.1, 0.15) is 5.56 Å². The first-order valence-electron chi connectivity index (χ1n) is 4.00. The van der Waals surface area contributed by atoms with E-state index in [2.05, 4.69) is 10.1 Å². The fourth-order valence-electron chi connectivity index (χ4n) is 1.17. The lowest BCUT2D eigenvalue weighted by Crippen LogP contribution is -1.96. The van der Waals surface area contributed by atoms with E-state index in [9.17, 15) is 0 Å². The Morgan fingerprint density at radius 1 is 1.38 bits per heavy atom. The van der Waals surface area contributed by atoms with Crippen molar-refractivity contribution >= 4 is 5.95 Å². The van der Waals surface area contributed by atoms with Crippen LogP contribution in [0.2, 0.25) is 0 Å². The molecule has 2 N–H and O–H groups in total. The number of hydrogen-bond donors (Lipinski definition) is 1. The summed E-state index contributed by atoms with van der Waals surface area (Å²) in [6.45, 7) is 2.03. The van der Waals surface area contributed by atoms with Gasteiger partial charge in [0.15, 0.2) is 0 Å². The quantitative estimate of drug-likeness (QED) is 0.705. The molecule has 0 unspecified atom stereocenters. The Morgan fingerprint density at radius 2 is 2.23 bits per heavy atom. The predicted molar refractivity (Wildman–Crippen MR) is 50.5 cm³/mol. The molecule has 0 saturated heterocycles. The first-order valence-corrected chi connectivity index (χ1v) is 4.00. The second kappa shape index (κ2) is 2.90. The van der Waals surface area contributed by atoms with E-state index >= 15 is 0 Å². The van der Waals surface area contributed by atoms with Crippen LogP contribution in [0.15, 0.2) is 30.6 Å². The average Bonchev–Trinajstić information content (AvgIpc) is 2.52. The lowest BCUT2D eigenvalue weighted by atomic mass is 10.2. The lowest BCUT2D eigenvalue weighted by Gasteiger charge is -1.99. The van der Waals surface area contributed by atoms with Crippen LogP contribution in [-0.4, -0.2) is 14.8 Å². The van der Waals surface area contributed by atoms with Crippen LogP contribution in [-0.2, 0) is 0 Å². The Morgan fingerprint density at radius 3 is 2.85 bits per heavy atom. The normalized spacial score (nSPS) is 10.2. The van der Waals surface area contributed by atoms with Crippen molar-refractivity contribution in [2.45, 2.75) is 6.92 Å². The molecule has 4 heteroatoms. The standard InChI is InChI=1S/C9H10N4/c1-7-3-2-4-8(5-7)13-6-11-9(10)12-13/h2-6H,1H3,(H2,10,12). The summed E-state index contributed by atoms with van der Waals surface area (Å²) in [5.41, 5.74) is 7.57. The molecule has 4 nitrogen and oxygen atoms in total. The molecular weight excluding hydrogens is 164 g/mol. The summed E-state index contributed by atoms with van der Waals surface area (Å²) in [6.07, 6.45) is 1.60. The Kier molecular flexibility index (Phi) is 1.73. The first-order chi connectivity index (χ1) is 6.25. The minimum absolute atomic E-state index is 0.293. The monoisotopic (exact) mass is 174 g/mol. The third-order valence-electron chi connectivity index (χ3n) is 1.78. The van der Waals surface area contributed by atoms with Gasteiger partial charge in [-0.15, -0.1) is 5.10 Å². The maximum absolute atomic E-state index is 5.41. The van der Waals surface area contributed by atoms with Gasteiger partial charge in [0.1, 0.15) is 6.33 Å². The molecule has 2 rings (SSSR count). The highest BCUT2D eigenvalue weighted by molar-refractivity contribution is 5.34. The molecule has 0 fully saturated rings. The van der Waals surface area contributed by atoms with Gasteiger partial charge in [-0.05, 0) is 24.6 Å². The average molecular weight is 174 g/mol. The fraction of sp³-hybridized carbons (Fsp3) is 0.111. The number of benzene rings is 1. The molecule has 13 heavy (non-hydrogen) atoms. The van der Waals surface area contributed by atoms with Crippen molar-refractivity contribution in [2.24, 2.45) is 0 Å². The predicted octanol–water partition coefficient (Wildman–Crippen LogP) is 1.16. The van der Waals surface area contributed by atoms with Gasteiger partial charge in [-0.2, -0.15) is 0 Å². The van der Waals surface area contributed by atoms with Gasteiger partial charge in [0.25, 0.3) is 0 Å². The van der Waals surface area contributed by atoms with E-state index in [1.807, 2.05) is 31.2 Å². The Bertz CT molecular complexity index is 419. The fourth-order valence-corrected chi connectivity index (χ4v) is 1.17. The summed E-state index contributed by atoms with van der Waals surface area (Å²) in [7, 11) is 0. The van der Waals surface area contributed by atoms with Gasteiger partial charge in [-0.3, -0.25) is 0 Å². The first kappa shape index (κ1) is 7.79. The molecule has 0 spiro atoms. The van der Waals surface area contributed by atoms with E-state index in [1.165, 1.54) is 5.56 Å². The van der Waals surface area contributed by atoms with Crippen molar-refractivity contribution in [1.29, 1.82) is 0 Å². The maximum Gasteiger partial charge on any atom is 0.239 e. The number of aromatic nitrogens is 3. The zero-order valence-electron chi connectivity index (χ0n) is 7.31. The molecule has 0 bridgehead atoms. The van der Waals surface area contributed by atoms with Crippen LogP contribution in [0.3, 0.4) is 0 Å². The molecule has 0 atom stereocenters. The number of nitrogens with two attached hydrogens (primary N) is 1. The van der Waals surface area contributed by atoms with E-state index in [4.69, 9.17) is 5.73 Å². The molecule has 0 amide bonds.